The summed E-state index contributed by atoms with van der Waals surface area (Å²) in [6.45, 7) is 1.23. The SMILES string of the molecule is CCOC(=O)c1ncccc1CN(CC(=O)c1cc(CO)cc(Cc2ccccc2)c1)C(=O)OCc1ccccc1. The van der Waals surface area contributed by atoms with Gasteiger partial charge in [-0.3, -0.25) is 9.69 Å². The summed E-state index contributed by atoms with van der Waals surface area (Å²) in [6, 6.07) is 27.6. The van der Waals surface area contributed by atoms with Crippen molar-refractivity contribution in [2.24, 2.45) is 0 Å². The second kappa shape index (κ2) is 14.5. The van der Waals surface area contributed by atoms with Crippen LogP contribution in [0.4, 0.5) is 4.79 Å². The highest BCUT2D eigenvalue weighted by molar-refractivity contribution is 5.99. The number of esters is 1. The van der Waals surface area contributed by atoms with Gasteiger partial charge in [-0.05, 0) is 53.8 Å². The number of ketones is 1. The average Bonchev–Trinajstić information content (AvgIpc) is 3.00. The lowest BCUT2D eigenvalue weighted by Crippen LogP contribution is -2.36. The number of carbonyl (C=O) groups excluding carboxylic acids is 3. The van der Waals surface area contributed by atoms with Crippen LogP contribution in [0.25, 0.3) is 0 Å². The normalized spacial score (nSPS) is 10.6. The van der Waals surface area contributed by atoms with Crippen molar-refractivity contribution in [3.8, 4) is 0 Å². The molecule has 1 N–H and O–H groups in total. The summed E-state index contributed by atoms with van der Waals surface area (Å²) >= 11 is 0. The Morgan fingerprint density at radius 3 is 2.17 bits per heavy atom. The third kappa shape index (κ3) is 8.33. The molecule has 0 fully saturated rings. The van der Waals surface area contributed by atoms with Gasteiger partial charge in [0.2, 0.25) is 0 Å². The molecule has 0 saturated carbocycles. The van der Waals surface area contributed by atoms with E-state index in [0.717, 1.165) is 16.7 Å². The number of nitrogens with zero attached hydrogens (tertiary/aromatic N) is 2. The number of aliphatic hydroxyl groups is 1. The van der Waals surface area contributed by atoms with Gasteiger partial charge in [0, 0.05) is 17.3 Å². The minimum absolute atomic E-state index is 0.0172. The minimum Gasteiger partial charge on any atom is -0.461 e. The van der Waals surface area contributed by atoms with E-state index in [1.54, 1.807) is 31.2 Å². The standard InChI is InChI=1S/C33H32N2O6/c1-2-40-32(38)31-28(14-9-15-34-31)20-35(33(39)41-23-25-12-7-4-8-13-25)21-30(37)29-18-26(17-27(19-29)22-36)16-24-10-5-3-6-11-24/h3-15,17-19,36H,2,16,20-23H2,1H3. The van der Waals surface area contributed by atoms with E-state index >= 15 is 0 Å². The molecule has 210 valence electrons. The zero-order valence-electron chi connectivity index (χ0n) is 22.9. The highest BCUT2D eigenvalue weighted by atomic mass is 16.6. The molecule has 4 aromatic rings. The van der Waals surface area contributed by atoms with Crippen molar-refractivity contribution >= 4 is 17.8 Å². The number of rotatable bonds is 12. The van der Waals surface area contributed by atoms with E-state index in [1.165, 1.54) is 11.1 Å². The van der Waals surface area contributed by atoms with Crippen molar-refractivity contribution in [1.29, 1.82) is 0 Å². The molecule has 0 saturated heterocycles. The quantitative estimate of drug-likeness (QED) is 0.186. The smallest absolute Gasteiger partial charge is 0.410 e. The molecule has 0 radical (unpaired) electrons. The first-order valence-electron chi connectivity index (χ1n) is 13.3. The first-order chi connectivity index (χ1) is 20.0. The van der Waals surface area contributed by atoms with Gasteiger partial charge in [-0.25, -0.2) is 14.6 Å². The third-order valence-corrected chi connectivity index (χ3v) is 6.33. The number of ether oxygens (including phenoxy) is 2. The molecule has 8 heteroatoms. The Morgan fingerprint density at radius 2 is 1.49 bits per heavy atom. The van der Waals surface area contributed by atoms with Crippen LogP contribution in [0.5, 0.6) is 0 Å². The topological polar surface area (TPSA) is 106 Å². The van der Waals surface area contributed by atoms with Crippen LogP contribution >= 0.6 is 0 Å². The molecule has 0 atom stereocenters. The number of Topliss-reactive ketones (excluding diaryl/α,β-unsaturated/α-hetero) is 1. The van der Waals surface area contributed by atoms with Crippen molar-refractivity contribution in [3.05, 3.63) is 136 Å². The molecule has 1 amide bonds. The van der Waals surface area contributed by atoms with Gasteiger partial charge in [-0.2, -0.15) is 0 Å². The van der Waals surface area contributed by atoms with E-state index in [9.17, 15) is 19.5 Å². The molecular weight excluding hydrogens is 520 g/mol. The number of amides is 1. The Morgan fingerprint density at radius 1 is 0.805 bits per heavy atom. The first kappa shape index (κ1) is 29.2. The highest BCUT2D eigenvalue weighted by Crippen LogP contribution is 2.18. The van der Waals surface area contributed by atoms with Gasteiger partial charge in [0.15, 0.2) is 11.5 Å². The van der Waals surface area contributed by atoms with E-state index < -0.39 is 12.1 Å². The van der Waals surface area contributed by atoms with Crippen LogP contribution in [0.1, 0.15) is 55.6 Å². The van der Waals surface area contributed by atoms with Crippen LogP contribution in [0.15, 0.2) is 97.2 Å². The van der Waals surface area contributed by atoms with Crippen LogP contribution in [-0.4, -0.2) is 46.0 Å². The van der Waals surface area contributed by atoms with Crippen molar-refractivity contribution in [3.63, 3.8) is 0 Å². The molecule has 0 aliphatic rings. The Bertz CT molecular complexity index is 1470. The maximum absolute atomic E-state index is 13.6. The van der Waals surface area contributed by atoms with Crippen LogP contribution < -0.4 is 0 Å². The fourth-order valence-corrected chi connectivity index (χ4v) is 4.36. The average molecular weight is 553 g/mol. The number of carbonyl (C=O) groups is 3. The molecule has 0 bridgehead atoms. The molecule has 8 nitrogen and oxygen atoms in total. The summed E-state index contributed by atoms with van der Waals surface area (Å²) in [7, 11) is 0. The van der Waals surface area contributed by atoms with Gasteiger partial charge in [0.1, 0.15) is 6.61 Å². The second-order valence-electron chi connectivity index (χ2n) is 9.41. The van der Waals surface area contributed by atoms with Gasteiger partial charge < -0.3 is 14.6 Å². The lowest BCUT2D eigenvalue weighted by Gasteiger charge is -2.23. The van der Waals surface area contributed by atoms with Crippen LogP contribution in [0.2, 0.25) is 0 Å². The highest BCUT2D eigenvalue weighted by Gasteiger charge is 2.24. The molecule has 0 aliphatic carbocycles. The molecule has 41 heavy (non-hydrogen) atoms. The minimum atomic E-state index is -0.719. The summed E-state index contributed by atoms with van der Waals surface area (Å²) in [5, 5.41) is 9.86. The zero-order valence-corrected chi connectivity index (χ0v) is 22.9. The Kier molecular flexibility index (Phi) is 10.3. The first-order valence-corrected chi connectivity index (χ1v) is 13.3. The summed E-state index contributed by atoms with van der Waals surface area (Å²) < 4.78 is 10.7. The Labute approximate surface area is 239 Å². The van der Waals surface area contributed by atoms with Crippen LogP contribution in [0.3, 0.4) is 0 Å². The van der Waals surface area contributed by atoms with Crippen LogP contribution in [0, 0.1) is 0 Å². The van der Waals surface area contributed by atoms with Gasteiger partial charge in [0.05, 0.1) is 26.3 Å². The maximum Gasteiger partial charge on any atom is 0.410 e. The van der Waals surface area contributed by atoms with Gasteiger partial charge in [-0.1, -0.05) is 72.8 Å². The largest absolute Gasteiger partial charge is 0.461 e. The number of pyridine rings is 1. The zero-order chi connectivity index (χ0) is 29.0. The van der Waals surface area contributed by atoms with Gasteiger partial charge in [-0.15, -0.1) is 0 Å². The van der Waals surface area contributed by atoms with Gasteiger partial charge in [0.25, 0.3) is 0 Å². The predicted octanol–water partition coefficient (Wildman–Crippen LogP) is 5.36. The monoisotopic (exact) mass is 552 g/mol. The summed E-state index contributed by atoms with van der Waals surface area (Å²) in [5.41, 5.74) is 4.16. The number of hydrogen-bond acceptors (Lipinski definition) is 7. The molecule has 1 heterocycles. The summed E-state index contributed by atoms with van der Waals surface area (Å²) in [4.78, 5) is 44.8. The van der Waals surface area contributed by atoms with Crippen LogP contribution in [-0.2, 0) is 35.7 Å². The molecule has 0 spiro atoms. The summed E-state index contributed by atoms with van der Waals surface area (Å²) in [5.74, 6) is -0.957. The van der Waals surface area contributed by atoms with Gasteiger partial charge >= 0.3 is 12.1 Å². The van der Waals surface area contributed by atoms with Crippen molar-refractivity contribution in [2.75, 3.05) is 13.2 Å². The fraction of sp³-hybridized carbons (Fsp3) is 0.212. The number of hydrogen-bond donors (Lipinski definition) is 1. The lowest BCUT2D eigenvalue weighted by atomic mass is 9.98. The summed E-state index contributed by atoms with van der Waals surface area (Å²) in [6.07, 6.45) is 1.33. The van der Waals surface area contributed by atoms with E-state index in [1.807, 2.05) is 66.7 Å². The van der Waals surface area contributed by atoms with Crippen molar-refractivity contribution in [1.82, 2.24) is 9.88 Å². The maximum atomic E-state index is 13.6. The van der Waals surface area contributed by atoms with E-state index in [0.29, 0.717) is 23.1 Å². The Hall–Kier alpha value is -4.82. The van der Waals surface area contributed by atoms with E-state index in [4.69, 9.17) is 9.47 Å². The van der Waals surface area contributed by atoms with E-state index in [2.05, 4.69) is 4.98 Å². The number of aromatic nitrogens is 1. The number of benzene rings is 3. The predicted molar refractivity (Wildman–Crippen MR) is 153 cm³/mol. The van der Waals surface area contributed by atoms with Crippen molar-refractivity contribution in [2.45, 2.75) is 33.1 Å². The Balaban J connectivity index is 1.59. The van der Waals surface area contributed by atoms with Crippen molar-refractivity contribution < 1.29 is 29.0 Å². The third-order valence-electron chi connectivity index (χ3n) is 6.33. The number of aliphatic hydroxyl groups excluding tert-OH is 1. The second-order valence-corrected chi connectivity index (χ2v) is 9.41. The molecule has 1 aromatic heterocycles. The molecular formula is C33H32N2O6. The van der Waals surface area contributed by atoms with E-state index in [-0.39, 0.29) is 44.4 Å². The molecule has 3 aromatic carbocycles. The molecule has 0 aliphatic heterocycles. The molecule has 0 unspecified atom stereocenters. The fourth-order valence-electron chi connectivity index (χ4n) is 4.36. The lowest BCUT2D eigenvalue weighted by molar-refractivity contribution is 0.0515. The molecule has 4 rings (SSSR count).